The average molecular weight is 511 g/mol. The van der Waals surface area contributed by atoms with E-state index in [1.54, 1.807) is 24.3 Å². The van der Waals surface area contributed by atoms with Crippen molar-refractivity contribution in [3.05, 3.63) is 58.7 Å². The number of carbonyl (C=O) groups excluding carboxylic acids is 1. The Balaban J connectivity index is 1.64. The minimum absolute atomic E-state index is 0.0774. The third-order valence-corrected chi connectivity index (χ3v) is 5.87. The molecule has 4 rings (SSSR count). The van der Waals surface area contributed by atoms with Crippen molar-refractivity contribution < 1.29 is 32.2 Å². The summed E-state index contributed by atoms with van der Waals surface area (Å²) in [5, 5.41) is 10.1. The molecule has 0 spiro atoms. The smallest absolute Gasteiger partial charge is 0.410 e. The zero-order chi connectivity index (χ0) is 25.3. The molecule has 1 aromatic heterocycles. The summed E-state index contributed by atoms with van der Waals surface area (Å²) in [6.07, 6.45) is -4.87. The van der Waals surface area contributed by atoms with Crippen molar-refractivity contribution in [1.29, 1.82) is 0 Å². The molecule has 8 nitrogen and oxygen atoms in total. The Morgan fingerprint density at radius 2 is 1.71 bits per heavy atom. The zero-order valence-corrected chi connectivity index (χ0v) is 19.7. The normalized spacial score (nSPS) is 17.2. The van der Waals surface area contributed by atoms with Crippen LogP contribution in [0.5, 0.6) is 17.2 Å². The van der Waals surface area contributed by atoms with Crippen molar-refractivity contribution in [3.8, 4) is 17.2 Å². The van der Waals surface area contributed by atoms with Crippen molar-refractivity contribution in [2.75, 3.05) is 32.0 Å². The maximum Gasteiger partial charge on any atom is 0.410 e. The lowest BCUT2D eigenvalue weighted by Gasteiger charge is -2.33. The lowest BCUT2D eigenvalue weighted by Crippen LogP contribution is -2.35. The van der Waals surface area contributed by atoms with E-state index in [9.17, 15) is 18.0 Å². The van der Waals surface area contributed by atoms with E-state index in [0.717, 1.165) is 4.68 Å². The summed E-state index contributed by atoms with van der Waals surface area (Å²) >= 11 is 5.91. The number of amides is 1. The van der Waals surface area contributed by atoms with Crippen molar-refractivity contribution >= 4 is 29.0 Å². The molecule has 0 radical (unpaired) electrons. The number of benzene rings is 2. The number of aromatic nitrogens is 2. The van der Waals surface area contributed by atoms with Crippen LogP contribution in [0.2, 0.25) is 5.02 Å². The largest absolute Gasteiger partial charge is 0.493 e. The van der Waals surface area contributed by atoms with Gasteiger partial charge in [-0.05, 0) is 17.7 Å². The van der Waals surface area contributed by atoms with Crippen molar-refractivity contribution in [3.63, 3.8) is 0 Å². The Bertz CT molecular complexity index is 1210. The number of halogens is 4. The molecule has 186 valence electrons. The second-order valence-electron chi connectivity index (χ2n) is 7.77. The van der Waals surface area contributed by atoms with Crippen LogP contribution in [0.15, 0.2) is 42.5 Å². The molecule has 0 aliphatic carbocycles. The first-order chi connectivity index (χ1) is 16.6. The Kier molecular flexibility index (Phi) is 6.70. The maximum atomic E-state index is 13.9. The molecule has 0 saturated heterocycles. The fourth-order valence-electron chi connectivity index (χ4n) is 3.95. The summed E-state index contributed by atoms with van der Waals surface area (Å²) < 4.78 is 58.3. The molecule has 0 unspecified atom stereocenters. The van der Waals surface area contributed by atoms with Crippen LogP contribution in [0.25, 0.3) is 0 Å². The van der Waals surface area contributed by atoms with Crippen LogP contribution >= 0.6 is 11.6 Å². The first kappa shape index (κ1) is 24.5. The molecule has 0 fully saturated rings. The Labute approximate surface area is 203 Å². The van der Waals surface area contributed by atoms with Gasteiger partial charge >= 0.3 is 6.18 Å². The predicted molar refractivity (Wildman–Crippen MR) is 124 cm³/mol. The molecular weight excluding hydrogens is 489 g/mol. The van der Waals surface area contributed by atoms with Crippen LogP contribution in [0.1, 0.15) is 34.6 Å². The number of hydrogen-bond donors (Lipinski definition) is 2. The van der Waals surface area contributed by atoms with E-state index in [2.05, 4.69) is 15.7 Å². The molecule has 3 aromatic rings. The van der Waals surface area contributed by atoms with Gasteiger partial charge in [-0.15, -0.1) is 0 Å². The van der Waals surface area contributed by atoms with E-state index in [4.69, 9.17) is 25.8 Å². The van der Waals surface area contributed by atoms with Crippen molar-refractivity contribution in [2.45, 2.75) is 24.7 Å². The molecule has 0 saturated carbocycles. The van der Waals surface area contributed by atoms with E-state index in [0.29, 0.717) is 27.8 Å². The SMILES string of the molecule is COc1cc(NC(=O)c2cc3n(n2)[C@@H](C(F)(F)F)C[C@@H](c2ccc(Cl)cc2)N3)cc(OC)c1OC. The lowest BCUT2D eigenvalue weighted by molar-refractivity contribution is -0.173. The molecular formula is C23H22ClF3N4O4. The standard InChI is InChI=1S/C23H22ClF3N4O4/c1-33-17-8-14(9-18(34-2)21(17)35-3)28-22(32)16-11-20-29-15(12-4-6-13(24)7-5-12)10-19(23(25,26)27)31(20)30-16/h4-9,11,15,19,29H,10H2,1-3H3,(H,28,32)/t15-,19+/m0/s1. The summed E-state index contributed by atoms with van der Waals surface area (Å²) in [4.78, 5) is 12.9. The summed E-state index contributed by atoms with van der Waals surface area (Å²) in [6, 6.07) is 8.29. The van der Waals surface area contributed by atoms with Gasteiger partial charge in [-0.25, -0.2) is 4.68 Å². The number of fused-ring (bicyclic) bond motifs is 1. The van der Waals surface area contributed by atoms with Gasteiger partial charge in [0.05, 0.1) is 27.4 Å². The number of anilines is 2. The molecule has 12 heteroatoms. The van der Waals surface area contributed by atoms with Crippen LogP contribution in [-0.4, -0.2) is 43.2 Å². The fourth-order valence-corrected chi connectivity index (χ4v) is 4.07. The minimum atomic E-state index is -4.57. The van der Waals surface area contributed by atoms with E-state index in [-0.39, 0.29) is 23.6 Å². The number of rotatable bonds is 6. The maximum absolute atomic E-state index is 13.9. The molecule has 2 atom stereocenters. The van der Waals surface area contributed by atoms with Crippen molar-refractivity contribution in [1.82, 2.24) is 9.78 Å². The molecule has 2 aromatic carbocycles. The van der Waals surface area contributed by atoms with E-state index in [1.807, 2.05) is 0 Å². The Morgan fingerprint density at radius 1 is 1.09 bits per heavy atom. The molecule has 35 heavy (non-hydrogen) atoms. The molecule has 2 N–H and O–H groups in total. The number of hydrogen-bond acceptors (Lipinski definition) is 6. The van der Waals surface area contributed by atoms with Gasteiger partial charge in [0.25, 0.3) is 5.91 Å². The summed E-state index contributed by atoms with van der Waals surface area (Å²) in [5.41, 5.74) is 0.738. The van der Waals surface area contributed by atoms with Crippen LogP contribution in [0.3, 0.4) is 0 Å². The zero-order valence-electron chi connectivity index (χ0n) is 18.9. The first-order valence-corrected chi connectivity index (χ1v) is 10.8. The third-order valence-electron chi connectivity index (χ3n) is 5.62. The third kappa shape index (κ3) is 4.95. The van der Waals surface area contributed by atoms with Gasteiger partial charge in [0.2, 0.25) is 5.75 Å². The Morgan fingerprint density at radius 3 is 2.26 bits per heavy atom. The quantitative estimate of drug-likeness (QED) is 0.457. The van der Waals surface area contributed by atoms with Gasteiger partial charge < -0.3 is 24.8 Å². The van der Waals surface area contributed by atoms with Gasteiger partial charge in [-0.1, -0.05) is 23.7 Å². The molecule has 2 heterocycles. The van der Waals surface area contributed by atoms with E-state index < -0.39 is 24.2 Å². The summed E-state index contributed by atoms with van der Waals surface area (Å²) in [5.74, 6) is 0.309. The van der Waals surface area contributed by atoms with Gasteiger partial charge in [0.15, 0.2) is 23.2 Å². The molecule has 1 amide bonds. The van der Waals surface area contributed by atoms with Gasteiger partial charge in [0, 0.05) is 35.3 Å². The average Bonchev–Trinajstić information content (AvgIpc) is 3.27. The Hall–Kier alpha value is -3.60. The highest BCUT2D eigenvalue weighted by molar-refractivity contribution is 6.30. The van der Waals surface area contributed by atoms with Gasteiger partial charge in [0.1, 0.15) is 5.82 Å². The number of methoxy groups -OCH3 is 3. The van der Waals surface area contributed by atoms with Crippen LogP contribution < -0.4 is 24.8 Å². The van der Waals surface area contributed by atoms with Crippen LogP contribution in [-0.2, 0) is 0 Å². The second-order valence-corrected chi connectivity index (χ2v) is 8.21. The first-order valence-electron chi connectivity index (χ1n) is 10.4. The minimum Gasteiger partial charge on any atom is -0.493 e. The van der Waals surface area contributed by atoms with Gasteiger partial charge in [-0.3, -0.25) is 4.79 Å². The van der Waals surface area contributed by atoms with Gasteiger partial charge in [-0.2, -0.15) is 18.3 Å². The molecule has 1 aliphatic rings. The number of ether oxygens (including phenoxy) is 3. The van der Waals surface area contributed by atoms with E-state index in [1.165, 1.54) is 39.5 Å². The monoisotopic (exact) mass is 510 g/mol. The molecule has 0 bridgehead atoms. The summed E-state index contributed by atoms with van der Waals surface area (Å²) in [7, 11) is 4.29. The number of nitrogens with zero attached hydrogens (tertiary/aromatic N) is 2. The fraction of sp³-hybridized carbons (Fsp3) is 0.304. The van der Waals surface area contributed by atoms with Crippen LogP contribution in [0.4, 0.5) is 24.7 Å². The van der Waals surface area contributed by atoms with Crippen LogP contribution in [0, 0.1) is 0 Å². The number of alkyl halides is 3. The topological polar surface area (TPSA) is 86.6 Å². The molecule has 1 aliphatic heterocycles. The second kappa shape index (κ2) is 9.57. The summed E-state index contributed by atoms with van der Waals surface area (Å²) in [6.45, 7) is 0. The number of carbonyl (C=O) groups is 1. The highest BCUT2D eigenvalue weighted by Crippen LogP contribution is 2.44. The van der Waals surface area contributed by atoms with Crippen molar-refractivity contribution in [2.24, 2.45) is 0 Å². The highest BCUT2D eigenvalue weighted by atomic mass is 35.5. The van der Waals surface area contributed by atoms with E-state index >= 15 is 0 Å². The highest BCUT2D eigenvalue weighted by Gasteiger charge is 2.46. The predicted octanol–water partition coefficient (Wildman–Crippen LogP) is 5.47. The number of nitrogens with one attached hydrogen (secondary N) is 2. The lowest BCUT2D eigenvalue weighted by atomic mass is 9.97.